The zero-order chi connectivity index (χ0) is 16.2. The number of carbonyl (C=O) groups excluding carboxylic acids is 1. The lowest BCUT2D eigenvalue weighted by molar-refractivity contribution is -0.124. The Morgan fingerprint density at radius 1 is 1.36 bits per heavy atom. The Morgan fingerprint density at radius 3 is 2.77 bits per heavy atom. The maximum absolute atomic E-state index is 12.2. The minimum Gasteiger partial charge on any atom is -0.348 e. The third kappa shape index (κ3) is 4.06. The summed E-state index contributed by atoms with van der Waals surface area (Å²) >= 11 is 0. The van der Waals surface area contributed by atoms with Gasteiger partial charge in [-0.15, -0.1) is 0 Å². The quantitative estimate of drug-likeness (QED) is 0.751. The highest BCUT2D eigenvalue weighted by Gasteiger charge is 2.22. The van der Waals surface area contributed by atoms with Crippen molar-refractivity contribution in [2.75, 3.05) is 13.6 Å². The molecule has 0 spiro atoms. The summed E-state index contributed by atoms with van der Waals surface area (Å²) in [6.07, 6.45) is 2.99. The highest BCUT2D eigenvalue weighted by atomic mass is 32.2. The summed E-state index contributed by atoms with van der Waals surface area (Å²) < 4.78 is 26.0. The van der Waals surface area contributed by atoms with Gasteiger partial charge in [-0.3, -0.25) is 4.79 Å². The highest BCUT2D eigenvalue weighted by molar-refractivity contribution is 7.89. The van der Waals surface area contributed by atoms with Crippen molar-refractivity contribution in [3.05, 3.63) is 29.8 Å². The third-order valence-corrected chi connectivity index (χ3v) is 5.33. The number of hydrogen-bond acceptors (Lipinski definition) is 4. The largest absolute Gasteiger partial charge is 0.348 e. The molecule has 0 aliphatic carbocycles. The molecule has 1 heterocycles. The van der Waals surface area contributed by atoms with Gasteiger partial charge < -0.3 is 10.6 Å². The number of rotatable bonds is 5. The Balaban J connectivity index is 2.07. The van der Waals surface area contributed by atoms with Crippen LogP contribution in [0.25, 0.3) is 0 Å². The average Bonchev–Trinajstić information content (AvgIpc) is 2.55. The van der Waals surface area contributed by atoms with E-state index in [1.165, 1.54) is 13.1 Å². The molecule has 2 rings (SSSR count). The smallest absolute Gasteiger partial charge is 0.240 e. The second kappa shape index (κ2) is 7.21. The van der Waals surface area contributed by atoms with E-state index in [0.29, 0.717) is 0 Å². The normalized spacial score (nSPS) is 20.4. The molecule has 1 aromatic rings. The second-order valence-corrected chi connectivity index (χ2v) is 7.40. The van der Waals surface area contributed by atoms with E-state index in [1.807, 2.05) is 13.0 Å². The van der Waals surface area contributed by atoms with Crippen molar-refractivity contribution in [1.29, 1.82) is 0 Å². The molecule has 1 aromatic carbocycles. The van der Waals surface area contributed by atoms with Gasteiger partial charge in [-0.1, -0.05) is 18.6 Å². The van der Waals surface area contributed by atoms with E-state index >= 15 is 0 Å². The van der Waals surface area contributed by atoms with Crippen molar-refractivity contribution < 1.29 is 13.2 Å². The fourth-order valence-electron chi connectivity index (χ4n) is 2.54. The van der Waals surface area contributed by atoms with Gasteiger partial charge in [0.15, 0.2) is 0 Å². The van der Waals surface area contributed by atoms with E-state index in [9.17, 15) is 13.2 Å². The Morgan fingerprint density at radius 2 is 2.14 bits per heavy atom. The first-order valence-electron chi connectivity index (χ1n) is 7.51. The van der Waals surface area contributed by atoms with Gasteiger partial charge in [0.2, 0.25) is 15.9 Å². The molecule has 6 nitrogen and oxygen atoms in total. The molecular formula is C15H23N3O3S. The lowest BCUT2D eigenvalue weighted by atomic mass is 10.0. The Bertz CT molecular complexity index is 625. The van der Waals surface area contributed by atoms with Crippen LogP contribution in [0, 0.1) is 0 Å². The molecular weight excluding hydrogens is 302 g/mol. The number of sulfonamides is 1. The van der Waals surface area contributed by atoms with Crippen molar-refractivity contribution in [1.82, 2.24) is 15.4 Å². The third-order valence-electron chi connectivity index (χ3n) is 3.92. The number of carbonyl (C=O) groups is 1. The van der Waals surface area contributed by atoms with Gasteiger partial charge in [-0.2, -0.15) is 0 Å². The fraction of sp³-hybridized carbons (Fsp3) is 0.533. The van der Waals surface area contributed by atoms with Crippen LogP contribution in [0.15, 0.2) is 29.2 Å². The summed E-state index contributed by atoms with van der Waals surface area (Å²) in [5.74, 6) is -0.0333. The number of benzene rings is 1. The van der Waals surface area contributed by atoms with E-state index in [4.69, 9.17) is 0 Å². The monoisotopic (exact) mass is 325 g/mol. The molecule has 122 valence electrons. The topological polar surface area (TPSA) is 87.3 Å². The molecule has 0 radical (unpaired) electrons. The predicted molar refractivity (Wildman–Crippen MR) is 84.9 cm³/mol. The summed E-state index contributed by atoms with van der Waals surface area (Å²) in [7, 11) is -2.10. The number of piperidine rings is 1. The maximum atomic E-state index is 12.2. The van der Waals surface area contributed by atoms with Gasteiger partial charge in [0.25, 0.3) is 0 Å². The van der Waals surface area contributed by atoms with E-state index in [-0.39, 0.29) is 22.9 Å². The molecule has 7 heteroatoms. The van der Waals surface area contributed by atoms with Crippen LogP contribution >= 0.6 is 0 Å². The van der Waals surface area contributed by atoms with Crippen LogP contribution in [-0.2, 0) is 14.8 Å². The molecule has 0 bridgehead atoms. The van der Waals surface area contributed by atoms with Crippen LogP contribution in [-0.4, -0.2) is 34.0 Å². The maximum Gasteiger partial charge on any atom is 0.240 e. The van der Waals surface area contributed by atoms with Crippen molar-refractivity contribution >= 4 is 15.9 Å². The predicted octanol–water partition coefficient (Wildman–Crippen LogP) is 0.914. The van der Waals surface area contributed by atoms with Crippen molar-refractivity contribution in [3.8, 4) is 0 Å². The molecule has 2 atom stereocenters. The van der Waals surface area contributed by atoms with Crippen molar-refractivity contribution in [2.45, 2.75) is 43.2 Å². The van der Waals surface area contributed by atoms with E-state index < -0.39 is 10.0 Å². The molecule has 1 fully saturated rings. The molecule has 1 aliphatic heterocycles. The molecule has 1 amide bonds. The number of amides is 1. The second-order valence-electron chi connectivity index (χ2n) is 5.51. The summed E-state index contributed by atoms with van der Waals surface area (Å²) in [5.41, 5.74) is 0.764. The first kappa shape index (κ1) is 16.9. The van der Waals surface area contributed by atoms with Crippen LogP contribution in [0.2, 0.25) is 0 Å². The van der Waals surface area contributed by atoms with Gasteiger partial charge in [0.05, 0.1) is 17.0 Å². The lowest BCUT2D eigenvalue weighted by Crippen LogP contribution is -2.47. The van der Waals surface area contributed by atoms with Crippen LogP contribution in [0.3, 0.4) is 0 Å². The standard InChI is InChI=1S/C15H23N3O3S/c1-11(18-15(19)14-8-3-4-9-17-14)12-6-5-7-13(10-12)22(20,21)16-2/h5-7,10-11,14,16-17H,3-4,8-9H2,1-2H3,(H,18,19). The van der Waals surface area contributed by atoms with Crippen molar-refractivity contribution in [3.63, 3.8) is 0 Å². The van der Waals surface area contributed by atoms with E-state index in [1.54, 1.807) is 12.1 Å². The molecule has 1 saturated heterocycles. The van der Waals surface area contributed by atoms with Gasteiger partial charge in [-0.05, 0) is 51.1 Å². The highest BCUT2D eigenvalue weighted by Crippen LogP contribution is 2.18. The molecule has 3 N–H and O–H groups in total. The number of hydrogen-bond donors (Lipinski definition) is 3. The zero-order valence-corrected chi connectivity index (χ0v) is 13.7. The zero-order valence-electron chi connectivity index (χ0n) is 12.9. The van der Waals surface area contributed by atoms with Crippen LogP contribution in [0.1, 0.15) is 37.8 Å². The SMILES string of the molecule is CNS(=O)(=O)c1cccc(C(C)NC(=O)C2CCCCN2)c1. The van der Waals surface area contributed by atoms with E-state index in [2.05, 4.69) is 15.4 Å². The van der Waals surface area contributed by atoms with Crippen molar-refractivity contribution in [2.24, 2.45) is 0 Å². The van der Waals surface area contributed by atoms with Gasteiger partial charge in [0, 0.05) is 0 Å². The minimum absolute atomic E-state index is 0.0333. The Hall–Kier alpha value is -1.44. The summed E-state index contributed by atoms with van der Waals surface area (Å²) in [6.45, 7) is 2.72. The summed E-state index contributed by atoms with van der Waals surface area (Å²) in [4.78, 5) is 12.4. The molecule has 2 unspecified atom stereocenters. The van der Waals surface area contributed by atoms with Crippen LogP contribution in [0.5, 0.6) is 0 Å². The van der Waals surface area contributed by atoms with Gasteiger partial charge in [0.1, 0.15) is 0 Å². The minimum atomic E-state index is -3.48. The van der Waals surface area contributed by atoms with Crippen LogP contribution in [0.4, 0.5) is 0 Å². The summed E-state index contributed by atoms with van der Waals surface area (Å²) in [5, 5.41) is 6.15. The lowest BCUT2D eigenvalue weighted by Gasteiger charge is -2.24. The molecule has 1 aliphatic rings. The Kier molecular flexibility index (Phi) is 5.55. The molecule has 0 saturated carbocycles. The van der Waals surface area contributed by atoms with Gasteiger partial charge in [-0.25, -0.2) is 13.1 Å². The fourth-order valence-corrected chi connectivity index (χ4v) is 3.33. The Labute approximate surface area is 131 Å². The first-order chi connectivity index (χ1) is 10.4. The van der Waals surface area contributed by atoms with E-state index in [0.717, 1.165) is 31.4 Å². The molecule has 0 aromatic heterocycles. The van der Waals surface area contributed by atoms with Crippen LogP contribution < -0.4 is 15.4 Å². The van der Waals surface area contributed by atoms with Gasteiger partial charge >= 0.3 is 0 Å². The first-order valence-corrected chi connectivity index (χ1v) is 8.99. The molecule has 22 heavy (non-hydrogen) atoms. The average molecular weight is 325 g/mol. The number of nitrogens with one attached hydrogen (secondary N) is 3. The summed E-state index contributed by atoms with van der Waals surface area (Å²) in [6, 6.07) is 6.22.